The molecule has 0 amide bonds. The van der Waals surface area contributed by atoms with Crippen LogP contribution in [0.4, 0.5) is 0 Å². The van der Waals surface area contributed by atoms with Gasteiger partial charge >= 0.3 is 0 Å². The van der Waals surface area contributed by atoms with Gasteiger partial charge in [-0.3, -0.25) is 0 Å². The molecule has 0 saturated heterocycles. The van der Waals surface area contributed by atoms with Crippen molar-refractivity contribution >= 4 is 21.8 Å². The Bertz CT molecular complexity index is 566. The molecule has 61 valence electrons. The molecule has 0 aliphatic carbocycles. The average molecular weight is 167 g/mol. The lowest BCUT2D eigenvalue weighted by molar-refractivity contribution is 1.32. The van der Waals surface area contributed by atoms with Gasteiger partial charge in [-0.15, -0.1) is 0 Å². The maximum Gasteiger partial charge on any atom is 0.174 e. The first-order chi connectivity index (χ1) is 6.45. The van der Waals surface area contributed by atoms with Crippen LogP contribution in [-0.2, 0) is 0 Å². The minimum atomic E-state index is 0.998. The van der Waals surface area contributed by atoms with E-state index in [1.165, 1.54) is 10.8 Å². The minimum absolute atomic E-state index is 0.998. The van der Waals surface area contributed by atoms with Crippen LogP contribution in [0.2, 0.25) is 0 Å². The summed E-state index contributed by atoms with van der Waals surface area (Å²) in [6.45, 7) is 0. The quantitative estimate of drug-likeness (QED) is 0.547. The molecule has 0 spiro atoms. The summed E-state index contributed by atoms with van der Waals surface area (Å²) in [6, 6.07) is 12.3. The van der Waals surface area contributed by atoms with Crippen LogP contribution in [0.1, 0.15) is 0 Å². The fraction of sp³-hybridized carbons (Fsp3) is 0. The normalized spacial score (nSPS) is 11.1. The summed E-state index contributed by atoms with van der Waals surface area (Å²) in [5, 5.41) is 2.40. The van der Waals surface area contributed by atoms with Crippen LogP contribution in [0.3, 0.4) is 0 Å². The average Bonchev–Trinajstić information content (AvgIpc) is 2.65. The maximum absolute atomic E-state index is 4.17. The van der Waals surface area contributed by atoms with Crippen LogP contribution >= 0.6 is 0 Å². The van der Waals surface area contributed by atoms with Crippen LogP contribution in [0.15, 0.2) is 36.4 Å². The molecule has 0 saturated carbocycles. The molecule has 3 aromatic rings. The fourth-order valence-electron chi connectivity index (χ4n) is 1.62. The van der Waals surface area contributed by atoms with Crippen LogP contribution in [0.5, 0.6) is 0 Å². The van der Waals surface area contributed by atoms with Crippen LogP contribution in [0.25, 0.3) is 21.8 Å². The highest BCUT2D eigenvalue weighted by molar-refractivity contribution is 6.03. The molecule has 0 bridgehead atoms. The number of rotatable bonds is 0. The number of H-pyrrole nitrogens is 1. The number of hydrogen-bond donors (Lipinski definition) is 1. The lowest BCUT2D eigenvalue weighted by Crippen LogP contribution is -1.74. The molecule has 1 N–H and O–H groups in total. The van der Waals surface area contributed by atoms with E-state index in [9.17, 15) is 0 Å². The van der Waals surface area contributed by atoms with E-state index >= 15 is 0 Å². The molecule has 2 nitrogen and oxygen atoms in total. The molecule has 0 aliphatic heterocycles. The third-order valence-corrected chi connectivity index (χ3v) is 2.26. The molecular weight excluding hydrogens is 160 g/mol. The zero-order valence-corrected chi connectivity index (χ0v) is 6.91. The molecule has 0 fully saturated rings. The molecule has 0 atom stereocenters. The van der Waals surface area contributed by atoms with Crippen molar-refractivity contribution in [2.45, 2.75) is 0 Å². The van der Waals surface area contributed by atoms with Crippen molar-refractivity contribution in [2.24, 2.45) is 0 Å². The summed E-state index contributed by atoms with van der Waals surface area (Å²) < 4.78 is 0. The number of fused-ring (bicyclic) bond motifs is 3. The summed E-state index contributed by atoms with van der Waals surface area (Å²) in [5.41, 5.74) is 2.04. The van der Waals surface area contributed by atoms with Gasteiger partial charge in [0.15, 0.2) is 6.33 Å². The zero-order valence-electron chi connectivity index (χ0n) is 6.91. The Morgan fingerprint density at radius 2 is 2.00 bits per heavy atom. The number of aromatic nitrogens is 2. The Labute approximate surface area is 75.2 Å². The largest absolute Gasteiger partial charge is 0.335 e. The third kappa shape index (κ3) is 0.855. The Balaban J connectivity index is 2.65. The number of nitrogens with zero attached hydrogens (tertiary/aromatic N) is 1. The van der Waals surface area contributed by atoms with Gasteiger partial charge in [-0.05, 0) is 11.5 Å². The van der Waals surface area contributed by atoms with Gasteiger partial charge in [0.05, 0.1) is 11.0 Å². The van der Waals surface area contributed by atoms with E-state index in [1.807, 2.05) is 18.2 Å². The summed E-state index contributed by atoms with van der Waals surface area (Å²) in [5.74, 6) is 0. The van der Waals surface area contributed by atoms with Crippen molar-refractivity contribution < 1.29 is 0 Å². The van der Waals surface area contributed by atoms with Crippen LogP contribution in [0, 0.1) is 6.33 Å². The molecule has 1 heterocycles. The molecular formula is C11H7N2. The van der Waals surface area contributed by atoms with Crippen molar-refractivity contribution in [1.29, 1.82) is 0 Å². The summed E-state index contributed by atoms with van der Waals surface area (Å²) in [4.78, 5) is 7.14. The van der Waals surface area contributed by atoms with Gasteiger partial charge in [-0.2, -0.15) is 0 Å². The van der Waals surface area contributed by atoms with Crippen molar-refractivity contribution in [3.8, 4) is 0 Å². The summed E-state index contributed by atoms with van der Waals surface area (Å²) >= 11 is 0. The first-order valence-corrected chi connectivity index (χ1v) is 4.19. The number of nitrogens with one attached hydrogen (secondary N) is 1. The van der Waals surface area contributed by atoms with Gasteiger partial charge in [0, 0.05) is 5.39 Å². The Morgan fingerprint density at radius 1 is 1.08 bits per heavy atom. The van der Waals surface area contributed by atoms with Gasteiger partial charge in [0.2, 0.25) is 0 Å². The topological polar surface area (TPSA) is 28.7 Å². The Morgan fingerprint density at radius 3 is 3.00 bits per heavy atom. The second-order valence-electron chi connectivity index (χ2n) is 3.03. The van der Waals surface area contributed by atoms with E-state index in [0.29, 0.717) is 0 Å². The molecule has 2 aromatic carbocycles. The maximum atomic E-state index is 4.17. The molecule has 0 unspecified atom stereocenters. The van der Waals surface area contributed by atoms with Gasteiger partial charge in [0.1, 0.15) is 0 Å². The molecule has 2 heteroatoms. The molecule has 1 radical (unpaired) electrons. The predicted molar refractivity (Wildman–Crippen MR) is 52.4 cm³/mol. The van der Waals surface area contributed by atoms with E-state index in [-0.39, 0.29) is 0 Å². The van der Waals surface area contributed by atoms with E-state index in [4.69, 9.17) is 0 Å². The SMILES string of the molecule is [c]1nc2c(ccc3ccccc32)[nH]1. The first-order valence-electron chi connectivity index (χ1n) is 4.19. The highest BCUT2D eigenvalue weighted by atomic mass is 14.9. The summed E-state index contributed by atoms with van der Waals surface area (Å²) in [7, 11) is 0. The lowest BCUT2D eigenvalue weighted by Gasteiger charge is -1.96. The Hall–Kier alpha value is -1.83. The second-order valence-corrected chi connectivity index (χ2v) is 3.03. The number of aromatic amines is 1. The number of imidazole rings is 1. The predicted octanol–water partition coefficient (Wildman–Crippen LogP) is 2.52. The van der Waals surface area contributed by atoms with Gasteiger partial charge in [-0.1, -0.05) is 30.3 Å². The minimum Gasteiger partial charge on any atom is -0.335 e. The third-order valence-electron chi connectivity index (χ3n) is 2.26. The number of hydrogen-bond acceptors (Lipinski definition) is 1. The number of benzene rings is 2. The highest BCUT2D eigenvalue weighted by Crippen LogP contribution is 2.21. The van der Waals surface area contributed by atoms with Gasteiger partial charge < -0.3 is 4.98 Å². The standard InChI is InChI=1S/C11H7N2/c1-2-4-9-8(3-1)5-6-10-11(9)13-7-12-10/h1-6H,(H,12,13). The molecule has 1 aromatic heterocycles. The van der Waals surface area contributed by atoms with Crippen molar-refractivity contribution in [3.05, 3.63) is 42.7 Å². The van der Waals surface area contributed by atoms with Gasteiger partial charge in [0.25, 0.3) is 0 Å². The molecule has 13 heavy (non-hydrogen) atoms. The summed E-state index contributed by atoms with van der Waals surface area (Å²) in [6.07, 6.45) is 2.75. The van der Waals surface area contributed by atoms with Gasteiger partial charge in [-0.25, -0.2) is 4.98 Å². The molecule has 3 rings (SSSR count). The van der Waals surface area contributed by atoms with Crippen molar-refractivity contribution in [1.82, 2.24) is 9.97 Å². The zero-order chi connectivity index (χ0) is 8.67. The van der Waals surface area contributed by atoms with Crippen molar-refractivity contribution in [3.63, 3.8) is 0 Å². The van der Waals surface area contributed by atoms with Crippen LogP contribution < -0.4 is 0 Å². The van der Waals surface area contributed by atoms with E-state index < -0.39 is 0 Å². The molecule has 0 aliphatic rings. The smallest absolute Gasteiger partial charge is 0.174 e. The Kier molecular flexibility index (Phi) is 1.19. The monoisotopic (exact) mass is 167 g/mol. The van der Waals surface area contributed by atoms with Crippen molar-refractivity contribution in [2.75, 3.05) is 0 Å². The second kappa shape index (κ2) is 2.33. The van der Waals surface area contributed by atoms with E-state index in [1.54, 1.807) is 0 Å². The lowest BCUT2D eigenvalue weighted by atomic mass is 10.1. The van der Waals surface area contributed by atoms with E-state index in [2.05, 4.69) is 34.5 Å². The van der Waals surface area contributed by atoms with E-state index in [0.717, 1.165) is 11.0 Å². The first kappa shape index (κ1) is 6.66. The van der Waals surface area contributed by atoms with Crippen LogP contribution in [-0.4, -0.2) is 9.97 Å². The fourth-order valence-corrected chi connectivity index (χ4v) is 1.62. The highest BCUT2D eigenvalue weighted by Gasteiger charge is 2.00.